The highest BCUT2D eigenvalue weighted by atomic mass is 16.6. The molecule has 0 saturated carbocycles. The van der Waals surface area contributed by atoms with Gasteiger partial charge in [-0.05, 0) is 45.2 Å². The molecule has 1 N–H and O–H groups in total. The van der Waals surface area contributed by atoms with E-state index in [0.29, 0.717) is 11.1 Å². The predicted octanol–water partition coefficient (Wildman–Crippen LogP) is 3.38. The smallest absolute Gasteiger partial charge is 0.408 e. The standard InChI is InChI=1S/C16H19NO4/c1-10(17-15(19)21-16(2,3)4)13-9-11-7-5-6-8-12(11)14(18)20-13/h5-10H,1-4H3,(H,17,19). The van der Waals surface area contributed by atoms with Gasteiger partial charge < -0.3 is 14.5 Å². The molecule has 1 unspecified atom stereocenters. The summed E-state index contributed by atoms with van der Waals surface area (Å²) in [5.74, 6) is 0.393. The Morgan fingerprint density at radius 1 is 1.29 bits per heavy atom. The van der Waals surface area contributed by atoms with E-state index in [1.807, 2.05) is 12.1 Å². The molecule has 1 aromatic carbocycles. The van der Waals surface area contributed by atoms with E-state index in [-0.39, 0.29) is 0 Å². The Balaban J connectivity index is 2.22. The summed E-state index contributed by atoms with van der Waals surface area (Å²) in [6.45, 7) is 7.09. The second-order valence-corrected chi connectivity index (χ2v) is 5.89. The summed E-state index contributed by atoms with van der Waals surface area (Å²) in [5.41, 5.74) is -0.991. The first-order valence-electron chi connectivity index (χ1n) is 6.78. The molecule has 0 aliphatic rings. The molecule has 0 radical (unpaired) electrons. The molecule has 1 amide bonds. The van der Waals surface area contributed by atoms with Crippen LogP contribution in [0.5, 0.6) is 0 Å². The maximum atomic E-state index is 11.9. The molecule has 0 aliphatic carbocycles. The third-order valence-electron chi connectivity index (χ3n) is 2.85. The molecule has 0 fully saturated rings. The SMILES string of the molecule is CC(NC(=O)OC(C)(C)C)c1cc2ccccc2c(=O)o1. The monoisotopic (exact) mass is 289 g/mol. The minimum absolute atomic E-state index is 0.393. The molecule has 5 nitrogen and oxygen atoms in total. The van der Waals surface area contributed by atoms with E-state index in [1.54, 1.807) is 45.9 Å². The van der Waals surface area contributed by atoms with Crippen LogP contribution in [0.4, 0.5) is 4.79 Å². The Bertz CT molecular complexity index is 712. The van der Waals surface area contributed by atoms with Crippen LogP contribution in [-0.4, -0.2) is 11.7 Å². The number of ether oxygens (including phenoxy) is 1. The summed E-state index contributed by atoms with van der Waals surface area (Å²) in [6, 6.07) is 8.45. The number of nitrogens with one attached hydrogen (secondary N) is 1. The van der Waals surface area contributed by atoms with E-state index in [2.05, 4.69) is 5.32 Å². The van der Waals surface area contributed by atoms with Crippen molar-refractivity contribution in [2.45, 2.75) is 39.3 Å². The molecule has 1 heterocycles. The number of hydrogen-bond acceptors (Lipinski definition) is 4. The molecule has 0 aliphatic heterocycles. The Hall–Kier alpha value is -2.30. The molecule has 21 heavy (non-hydrogen) atoms. The van der Waals surface area contributed by atoms with Crippen molar-refractivity contribution in [3.05, 3.63) is 46.5 Å². The largest absolute Gasteiger partial charge is 0.444 e. The average Bonchev–Trinajstić information content (AvgIpc) is 2.36. The van der Waals surface area contributed by atoms with Gasteiger partial charge in [0.2, 0.25) is 0 Å². The van der Waals surface area contributed by atoms with Gasteiger partial charge in [0.15, 0.2) is 0 Å². The van der Waals surface area contributed by atoms with Crippen LogP contribution in [0.15, 0.2) is 39.5 Å². The number of hydrogen-bond donors (Lipinski definition) is 1. The lowest BCUT2D eigenvalue weighted by molar-refractivity contribution is 0.0501. The normalized spacial score (nSPS) is 13.0. The summed E-state index contributed by atoms with van der Waals surface area (Å²) < 4.78 is 10.4. The van der Waals surface area contributed by atoms with E-state index in [1.165, 1.54) is 0 Å². The van der Waals surface area contributed by atoms with Crippen LogP contribution < -0.4 is 10.9 Å². The molecule has 2 aromatic rings. The lowest BCUT2D eigenvalue weighted by atomic mass is 10.1. The van der Waals surface area contributed by atoms with Crippen molar-refractivity contribution in [2.24, 2.45) is 0 Å². The Morgan fingerprint density at radius 2 is 1.95 bits per heavy atom. The second kappa shape index (κ2) is 5.60. The number of alkyl carbamates (subject to hydrolysis) is 1. The minimum Gasteiger partial charge on any atom is -0.444 e. The number of benzene rings is 1. The van der Waals surface area contributed by atoms with Crippen LogP contribution in [-0.2, 0) is 4.74 Å². The number of fused-ring (bicyclic) bond motifs is 1. The van der Waals surface area contributed by atoms with E-state index >= 15 is 0 Å². The van der Waals surface area contributed by atoms with Crippen molar-refractivity contribution in [1.29, 1.82) is 0 Å². The third kappa shape index (κ3) is 3.84. The van der Waals surface area contributed by atoms with Gasteiger partial charge in [-0.1, -0.05) is 18.2 Å². The van der Waals surface area contributed by atoms with Gasteiger partial charge in [-0.2, -0.15) is 0 Å². The molecule has 0 spiro atoms. The number of amides is 1. The lowest BCUT2D eigenvalue weighted by Crippen LogP contribution is -2.34. The fraction of sp³-hybridized carbons (Fsp3) is 0.375. The maximum Gasteiger partial charge on any atom is 0.408 e. The molecule has 112 valence electrons. The van der Waals surface area contributed by atoms with Crippen LogP contribution in [0.1, 0.15) is 39.5 Å². The molecular weight excluding hydrogens is 270 g/mol. The van der Waals surface area contributed by atoms with Crippen LogP contribution in [0.3, 0.4) is 0 Å². The molecule has 5 heteroatoms. The maximum absolute atomic E-state index is 11.9. The van der Waals surface area contributed by atoms with Crippen molar-refractivity contribution in [3.63, 3.8) is 0 Å². The third-order valence-corrected chi connectivity index (χ3v) is 2.85. The average molecular weight is 289 g/mol. The van der Waals surface area contributed by atoms with Crippen molar-refractivity contribution < 1.29 is 13.9 Å². The summed E-state index contributed by atoms with van der Waals surface area (Å²) in [7, 11) is 0. The number of carbonyl (C=O) groups is 1. The first kappa shape index (κ1) is 15.1. The topological polar surface area (TPSA) is 68.5 Å². The van der Waals surface area contributed by atoms with Crippen molar-refractivity contribution >= 4 is 16.9 Å². The van der Waals surface area contributed by atoms with Gasteiger partial charge >= 0.3 is 11.7 Å². The molecule has 1 aromatic heterocycles. The fourth-order valence-electron chi connectivity index (χ4n) is 1.92. The summed E-state index contributed by atoms with van der Waals surface area (Å²) >= 11 is 0. The Morgan fingerprint density at radius 3 is 2.62 bits per heavy atom. The van der Waals surface area contributed by atoms with Gasteiger partial charge in [-0.15, -0.1) is 0 Å². The van der Waals surface area contributed by atoms with E-state index in [4.69, 9.17) is 9.15 Å². The second-order valence-electron chi connectivity index (χ2n) is 5.89. The molecule has 1 atom stereocenters. The molecule has 0 bridgehead atoms. The van der Waals surface area contributed by atoms with E-state index in [9.17, 15) is 9.59 Å². The van der Waals surface area contributed by atoms with Crippen LogP contribution in [0.25, 0.3) is 10.8 Å². The number of carbonyl (C=O) groups excluding carboxylic acids is 1. The Labute approximate surface area is 122 Å². The zero-order chi connectivity index (χ0) is 15.6. The van der Waals surface area contributed by atoms with Gasteiger partial charge in [-0.3, -0.25) is 0 Å². The first-order valence-corrected chi connectivity index (χ1v) is 6.78. The van der Waals surface area contributed by atoms with Crippen LogP contribution in [0.2, 0.25) is 0 Å². The van der Waals surface area contributed by atoms with E-state index < -0.39 is 23.4 Å². The summed E-state index contributed by atoms with van der Waals surface area (Å²) in [4.78, 5) is 23.6. The number of rotatable bonds is 2. The zero-order valence-electron chi connectivity index (χ0n) is 12.6. The summed E-state index contributed by atoms with van der Waals surface area (Å²) in [6.07, 6.45) is -0.550. The molecular formula is C16H19NO4. The van der Waals surface area contributed by atoms with Gasteiger partial charge in [0.25, 0.3) is 0 Å². The highest BCUT2D eigenvalue weighted by Crippen LogP contribution is 2.17. The van der Waals surface area contributed by atoms with Crippen LogP contribution >= 0.6 is 0 Å². The van der Waals surface area contributed by atoms with Crippen LogP contribution in [0, 0.1) is 0 Å². The van der Waals surface area contributed by atoms with Crippen molar-refractivity contribution in [2.75, 3.05) is 0 Å². The first-order chi connectivity index (χ1) is 9.76. The van der Waals surface area contributed by atoms with Gasteiger partial charge in [0.1, 0.15) is 11.4 Å². The highest BCUT2D eigenvalue weighted by Gasteiger charge is 2.19. The Kier molecular flexibility index (Phi) is 4.02. The highest BCUT2D eigenvalue weighted by molar-refractivity contribution is 5.81. The fourth-order valence-corrected chi connectivity index (χ4v) is 1.92. The molecule has 0 saturated heterocycles. The zero-order valence-corrected chi connectivity index (χ0v) is 12.6. The van der Waals surface area contributed by atoms with Gasteiger partial charge in [0.05, 0.1) is 11.4 Å². The van der Waals surface area contributed by atoms with E-state index in [0.717, 1.165) is 5.39 Å². The van der Waals surface area contributed by atoms with Crippen molar-refractivity contribution in [1.82, 2.24) is 5.32 Å². The van der Waals surface area contributed by atoms with Gasteiger partial charge in [-0.25, -0.2) is 9.59 Å². The molecule has 2 rings (SSSR count). The summed E-state index contributed by atoms with van der Waals surface area (Å²) in [5, 5.41) is 3.95. The van der Waals surface area contributed by atoms with Crippen molar-refractivity contribution in [3.8, 4) is 0 Å². The predicted molar refractivity (Wildman–Crippen MR) is 80.3 cm³/mol. The van der Waals surface area contributed by atoms with Gasteiger partial charge in [0, 0.05) is 0 Å². The minimum atomic E-state index is -0.575. The lowest BCUT2D eigenvalue weighted by Gasteiger charge is -2.21. The quantitative estimate of drug-likeness (QED) is 0.920.